The van der Waals surface area contributed by atoms with Gasteiger partial charge in [-0.15, -0.1) is 0 Å². The third-order valence-electron chi connectivity index (χ3n) is 5.06. The lowest BCUT2D eigenvalue weighted by molar-refractivity contribution is -0.0234. The highest BCUT2D eigenvalue weighted by atomic mass is 16.6. The van der Waals surface area contributed by atoms with Crippen molar-refractivity contribution in [2.45, 2.75) is 69.0 Å². The molecule has 4 N–H and O–H groups in total. The van der Waals surface area contributed by atoms with Gasteiger partial charge >= 0.3 is 5.69 Å². The molecular formula is C16H24N2O6. The Hall–Kier alpha value is -1.48. The SMILES string of the molecule is O=c1[nH]c(=O)n(C2CCCCCC2)cc1[C@@H]1O[C@H](CO)[C@@H](O)[C@H]1O. The lowest BCUT2D eigenvalue weighted by atomic mass is 10.0. The second-order valence-electron chi connectivity index (χ2n) is 6.66. The maximum atomic E-state index is 12.2. The fourth-order valence-electron chi connectivity index (χ4n) is 3.67. The van der Waals surface area contributed by atoms with Gasteiger partial charge in [0, 0.05) is 12.2 Å². The molecule has 0 spiro atoms. The van der Waals surface area contributed by atoms with Crippen LogP contribution in [0, 0.1) is 0 Å². The van der Waals surface area contributed by atoms with Crippen molar-refractivity contribution in [3.05, 3.63) is 32.6 Å². The number of H-pyrrole nitrogens is 1. The van der Waals surface area contributed by atoms with Gasteiger partial charge in [0.1, 0.15) is 24.4 Å². The van der Waals surface area contributed by atoms with Gasteiger partial charge in [-0.25, -0.2) is 4.79 Å². The molecule has 0 unspecified atom stereocenters. The lowest BCUT2D eigenvalue weighted by Gasteiger charge is -2.20. The van der Waals surface area contributed by atoms with Crippen molar-refractivity contribution in [1.82, 2.24) is 9.55 Å². The van der Waals surface area contributed by atoms with Crippen LogP contribution in [-0.4, -0.2) is 49.8 Å². The molecule has 8 heteroatoms. The fraction of sp³-hybridized carbons (Fsp3) is 0.750. The molecule has 2 heterocycles. The zero-order valence-electron chi connectivity index (χ0n) is 13.4. The van der Waals surface area contributed by atoms with Gasteiger partial charge in [0.15, 0.2) is 0 Å². The van der Waals surface area contributed by atoms with Gasteiger partial charge in [0.05, 0.1) is 12.2 Å². The van der Waals surface area contributed by atoms with Gasteiger partial charge in [0.2, 0.25) is 0 Å². The Morgan fingerprint density at radius 2 is 1.79 bits per heavy atom. The van der Waals surface area contributed by atoms with Crippen molar-refractivity contribution in [2.24, 2.45) is 0 Å². The minimum Gasteiger partial charge on any atom is -0.394 e. The summed E-state index contributed by atoms with van der Waals surface area (Å²) in [7, 11) is 0. The summed E-state index contributed by atoms with van der Waals surface area (Å²) in [5.74, 6) is 0. The molecule has 4 atom stereocenters. The molecule has 3 rings (SSSR count). The fourth-order valence-corrected chi connectivity index (χ4v) is 3.67. The van der Waals surface area contributed by atoms with Crippen LogP contribution in [-0.2, 0) is 4.74 Å². The van der Waals surface area contributed by atoms with E-state index in [9.17, 15) is 24.9 Å². The van der Waals surface area contributed by atoms with Gasteiger partial charge in [-0.1, -0.05) is 25.7 Å². The Morgan fingerprint density at radius 3 is 2.38 bits per heavy atom. The second kappa shape index (κ2) is 7.18. The smallest absolute Gasteiger partial charge is 0.328 e. The summed E-state index contributed by atoms with van der Waals surface area (Å²) < 4.78 is 6.93. The van der Waals surface area contributed by atoms with E-state index in [2.05, 4.69) is 4.98 Å². The summed E-state index contributed by atoms with van der Waals surface area (Å²) in [6.07, 6.45) is 2.85. The average molecular weight is 340 g/mol. The van der Waals surface area contributed by atoms with Crippen LogP contribution in [0.25, 0.3) is 0 Å². The minimum atomic E-state index is -1.33. The van der Waals surface area contributed by atoms with E-state index in [1.807, 2.05) is 0 Å². The highest BCUT2D eigenvalue weighted by Gasteiger charge is 2.44. The summed E-state index contributed by atoms with van der Waals surface area (Å²) in [6, 6.07) is 0.00714. The molecule has 8 nitrogen and oxygen atoms in total. The van der Waals surface area contributed by atoms with Crippen LogP contribution in [0.5, 0.6) is 0 Å². The van der Waals surface area contributed by atoms with Gasteiger partial charge in [0.25, 0.3) is 5.56 Å². The number of hydrogen-bond donors (Lipinski definition) is 4. The highest BCUT2D eigenvalue weighted by molar-refractivity contribution is 5.14. The van der Waals surface area contributed by atoms with Crippen molar-refractivity contribution in [3.63, 3.8) is 0 Å². The summed E-state index contributed by atoms with van der Waals surface area (Å²) in [4.78, 5) is 26.7. The number of nitrogens with zero attached hydrogens (tertiary/aromatic N) is 1. The van der Waals surface area contributed by atoms with Crippen molar-refractivity contribution < 1.29 is 20.1 Å². The third-order valence-corrected chi connectivity index (χ3v) is 5.06. The first-order valence-corrected chi connectivity index (χ1v) is 8.50. The van der Waals surface area contributed by atoms with Crippen LogP contribution in [0.2, 0.25) is 0 Å². The molecule has 0 amide bonds. The Labute approximate surface area is 138 Å². The van der Waals surface area contributed by atoms with Crippen molar-refractivity contribution in [1.29, 1.82) is 0 Å². The lowest BCUT2D eigenvalue weighted by Crippen LogP contribution is -2.37. The monoisotopic (exact) mass is 340 g/mol. The Morgan fingerprint density at radius 1 is 1.12 bits per heavy atom. The molecule has 1 saturated carbocycles. The highest BCUT2D eigenvalue weighted by Crippen LogP contribution is 2.32. The van der Waals surface area contributed by atoms with Crippen LogP contribution >= 0.6 is 0 Å². The quantitative estimate of drug-likeness (QED) is 0.554. The summed E-state index contributed by atoms with van der Waals surface area (Å²) in [6.45, 7) is -0.463. The largest absolute Gasteiger partial charge is 0.394 e. The minimum absolute atomic E-state index is 0.00714. The molecule has 1 aromatic rings. The van der Waals surface area contributed by atoms with Crippen LogP contribution in [0.15, 0.2) is 15.8 Å². The zero-order chi connectivity index (χ0) is 17.3. The van der Waals surface area contributed by atoms with Crippen molar-refractivity contribution >= 4 is 0 Å². The van der Waals surface area contributed by atoms with Crippen molar-refractivity contribution in [2.75, 3.05) is 6.61 Å². The maximum absolute atomic E-state index is 12.2. The van der Waals surface area contributed by atoms with Crippen LogP contribution in [0.1, 0.15) is 56.2 Å². The Bertz CT molecular complexity index is 676. The Balaban J connectivity index is 1.95. The summed E-state index contributed by atoms with van der Waals surface area (Å²) in [5.41, 5.74) is -1.01. The molecule has 1 aliphatic carbocycles. The first-order chi connectivity index (χ1) is 11.5. The van der Waals surface area contributed by atoms with Crippen LogP contribution < -0.4 is 11.2 Å². The topological polar surface area (TPSA) is 125 Å². The number of aromatic amines is 1. The second-order valence-corrected chi connectivity index (χ2v) is 6.66. The number of ether oxygens (including phenoxy) is 1. The van der Waals surface area contributed by atoms with E-state index in [1.165, 1.54) is 10.8 Å². The molecule has 2 aliphatic rings. The molecule has 0 aromatic carbocycles. The number of aromatic nitrogens is 2. The normalized spacial score (nSPS) is 32.0. The first kappa shape index (κ1) is 17.3. The molecule has 1 saturated heterocycles. The molecule has 1 aromatic heterocycles. The Kier molecular flexibility index (Phi) is 5.19. The number of nitrogens with one attached hydrogen (secondary N) is 1. The number of aliphatic hydroxyl groups excluding tert-OH is 3. The zero-order valence-corrected chi connectivity index (χ0v) is 13.4. The predicted molar refractivity (Wildman–Crippen MR) is 84.8 cm³/mol. The van der Waals surface area contributed by atoms with Gasteiger partial charge in [-0.05, 0) is 12.8 Å². The van der Waals surface area contributed by atoms with E-state index in [4.69, 9.17) is 4.74 Å². The predicted octanol–water partition coefficient (Wildman–Crippen LogP) is -0.414. The molecular weight excluding hydrogens is 316 g/mol. The van der Waals surface area contributed by atoms with E-state index < -0.39 is 42.3 Å². The molecule has 134 valence electrons. The van der Waals surface area contributed by atoms with Gasteiger partial charge in [-0.2, -0.15) is 0 Å². The molecule has 2 fully saturated rings. The van der Waals surface area contributed by atoms with Gasteiger partial charge in [-0.3, -0.25) is 14.3 Å². The number of hydrogen-bond acceptors (Lipinski definition) is 6. The molecule has 0 bridgehead atoms. The maximum Gasteiger partial charge on any atom is 0.328 e. The van der Waals surface area contributed by atoms with E-state index in [1.54, 1.807) is 0 Å². The summed E-state index contributed by atoms with van der Waals surface area (Å²) >= 11 is 0. The van der Waals surface area contributed by atoms with Crippen LogP contribution in [0.3, 0.4) is 0 Å². The van der Waals surface area contributed by atoms with Gasteiger partial charge < -0.3 is 20.1 Å². The van der Waals surface area contributed by atoms with E-state index >= 15 is 0 Å². The average Bonchev–Trinajstić information content (AvgIpc) is 2.75. The number of rotatable bonds is 3. The molecule has 0 radical (unpaired) electrons. The van der Waals surface area contributed by atoms with E-state index in [0.29, 0.717) is 0 Å². The molecule has 1 aliphatic heterocycles. The first-order valence-electron chi connectivity index (χ1n) is 8.50. The van der Waals surface area contributed by atoms with Crippen molar-refractivity contribution in [3.8, 4) is 0 Å². The standard InChI is InChI=1S/C16H24N2O6/c19-8-11-12(20)13(21)14(24-11)10-7-18(16(23)17-15(10)22)9-5-3-1-2-4-6-9/h7,9,11-14,19-21H,1-6,8H2,(H,17,22,23)/t11-,12-,13-,14+/m1/s1. The number of aliphatic hydroxyl groups is 3. The van der Waals surface area contributed by atoms with Crippen LogP contribution in [0.4, 0.5) is 0 Å². The molecule has 24 heavy (non-hydrogen) atoms. The summed E-state index contributed by atoms with van der Waals surface area (Å²) in [5, 5.41) is 29.2. The van der Waals surface area contributed by atoms with E-state index in [-0.39, 0.29) is 11.6 Å². The van der Waals surface area contributed by atoms with E-state index in [0.717, 1.165) is 38.5 Å². The third kappa shape index (κ3) is 3.19.